The van der Waals surface area contributed by atoms with Crippen LogP contribution in [0.3, 0.4) is 0 Å². The molecule has 1 aromatic heterocycles. The fourth-order valence-corrected chi connectivity index (χ4v) is 3.52. The Bertz CT molecular complexity index is 843. The summed E-state index contributed by atoms with van der Waals surface area (Å²) in [4.78, 5) is 21.9. The number of hydrogen-bond donors (Lipinski definition) is 3. The number of aliphatic imine (C=N–C) groups is 1. The van der Waals surface area contributed by atoms with Crippen molar-refractivity contribution in [1.29, 1.82) is 0 Å². The number of halogens is 1. The Labute approximate surface area is 189 Å². The summed E-state index contributed by atoms with van der Waals surface area (Å²) in [6.45, 7) is 7.99. The first-order valence-electron chi connectivity index (χ1n) is 9.86. The van der Waals surface area contributed by atoms with Gasteiger partial charge in [-0.1, -0.05) is 18.2 Å². The number of guanidine groups is 1. The molecule has 1 aliphatic rings. The number of likely N-dealkylation sites (tertiary alicyclic amines) is 1. The molecule has 0 aliphatic carbocycles. The van der Waals surface area contributed by atoms with Crippen molar-refractivity contribution in [2.24, 2.45) is 4.99 Å². The van der Waals surface area contributed by atoms with Gasteiger partial charge in [-0.3, -0.25) is 4.99 Å². The van der Waals surface area contributed by atoms with Crippen molar-refractivity contribution in [2.45, 2.75) is 45.3 Å². The minimum Gasteiger partial charge on any atom is -0.444 e. The van der Waals surface area contributed by atoms with Crippen molar-refractivity contribution in [1.82, 2.24) is 20.5 Å². The number of rotatable bonds is 4. The maximum absolute atomic E-state index is 12.0. The van der Waals surface area contributed by atoms with Gasteiger partial charge in [-0.05, 0) is 45.2 Å². The second-order valence-corrected chi connectivity index (χ2v) is 8.16. The minimum atomic E-state index is -0.484. The summed E-state index contributed by atoms with van der Waals surface area (Å²) in [7, 11) is 1.79. The number of hydrogen-bond acceptors (Lipinski definition) is 3. The fourth-order valence-electron chi connectivity index (χ4n) is 3.52. The number of fused-ring (bicyclic) bond motifs is 1. The lowest BCUT2D eigenvalue weighted by molar-refractivity contribution is 0.0507. The average Bonchev–Trinajstić information content (AvgIpc) is 3.24. The van der Waals surface area contributed by atoms with Crippen LogP contribution in [-0.4, -0.2) is 60.3 Å². The van der Waals surface area contributed by atoms with Crippen LogP contribution in [-0.2, 0) is 11.2 Å². The number of carbonyl (C=O) groups excluding carboxylic acids is 1. The summed E-state index contributed by atoms with van der Waals surface area (Å²) in [6, 6.07) is 8.41. The number of ether oxygens (including phenoxy) is 1. The van der Waals surface area contributed by atoms with Gasteiger partial charge in [0.25, 0.3) is 0 Å². The Balaban J connectivity index is 0.00000300. The molecule has 2 aromatic rings. The Morgan fingerprint density at radius 3 is 2.83 bits per heavy atom. The number of amides is 1. The van der Waals surface area contributed by atoms with E-state index in [1.54, 1.807) is 7.05 Å². The highest BCUT2D eigenvalue weighted by Crippen LogP contribution is 2.18. The van der Waals surface area contributed by atoms with E-state index in [0.29, 0.717) is 0 Å². The molecule has 3 rings (SSSR count). The fraction of sp³-hybridized carbons (Fsp3) is 0.524. The van der Waals surface area contributed by atoms with Gasteiger partial charge in [-0.15, -0.1) is 24.0 Å². The quantitative estimate of drug-likeness (QED) is 0.332. The largest absolute Gasteiger partial charge is 0.444 e. The molecule has 160 valence electrons. The number of nitrogens with one attached hydrogen (secondary N) is 3. The van der Waals surface area contributed by atoms with Crippen LogP contribution in [0.5, 0.6) is 0 Å². The lowest BCUT2D eigenvalue weighted by atomic mass is 10.1. The molecule has 1 amide bonds. The lowest BCUT2D eigenvalue weighted by Crippen LogP contribution is -2.44. The summed E-state index contributed by atoms with van der Waals surface area (Å²) >= 11 is 0. The molecule has 1 atom stereocenters. The van der Waals surface area contributed by atoms with Crippen LogP contribution in [0.2, 0.25) is 0 Å². The number of aromatic amines is 1. The van der Waals surface area contributed by atoms with Gasteiger partial charge in [-0.2, -0.15) is 0 Å². The molecule has 1 aliphatic heterocycles. The van der Waals surface area contributed by atoms with Gasteiger partial charge in [0.2, 0.25) is 0 Å². The number of aromatic nitrogens is 1. The molecule has 1 aromatic carbocycles. The van der Waals surface area contributed by atoms with Crippen molar-refractivity contribution < 1.29 is 9.53 Å². The predicted molar refractivity (Wildman–Crippen MR) is 128 cm³/mol. The van der Waals surface area contributed by atoms with Crippen molar-refractivity contribution in [3.8, 4) is 0 Å². The zero-order valence-corrected chi connectivity index (χ0v) is 19.9. The Morgan fingerprint density at radius 1 is 1.34 bits per heavy atom. The molecule has 0 spiro atoms. The summed E-state index contributed by atoms with van der Waals surface area (Å²) < 4.78 is 5.35. The van der Waals surface area contributed by atoms with E-state index in [1.165, 1.54) is 10.9 Å². The zero-order chi connectivity index (χ0) is 20.1. The molecule has 0 radical (unpaired) electrons. The topological polar surface area (TPSA) is 81.8 Å². The van der Waals surface area contributed by atoms with E-state index in [4.69, 9.17) is 4.74 Å². The maximum atomic E-state index is 12.0. The maximum Gasteiger partial charge on any atom is 0.407 e. The Morgan fingerprint density at radius 2 is 2.10 bits per heavy atom. The minimum absolute atomic E-state index is 0. The van der Waals surface area contributed by atoms with Crippen LogP contribution in [0.25, 0.3) is 10.9 Å². The monoisotopic (exact) mass is 513 g/mol. The van der Waals surface area contributed by atoms with E-state index in [1.807, 2.05) is 26.8 Å². The molecule has 1 saturated heterocycles. The van der Waals surface area contributed by atoms with E-state index in [2.05, 4.69) is 49.9 Å². The van der Waals surface area contributed by atoms with Gasteiger partial charge in [0.1, 0.15) is 5.60 Å². The normalized spacial score (nSPS) is 17.2. The van der Waals surface area contributed by atoms with Crippen molar-refractivity contribution in [3.05, 3.63) is 36.0 Å². The first-order chi connectivity index (χ1) is 13.4. The number of benzene rings is 1. The van der Waals surface area contributed by atoms with Gasteiger partial charge in [0.05, 0.1) is 6.04 Å². The van der Waals surface area contributed by atoms with Crippen LogP contribution in [0.1, 0.15) is 32.8 Å². The third-order valence-electron chi connectivity index (χ3n) is 4.77. The van der Waals surface area contributed by atoms with Gasteiger partial charge >= 0.3 is 6.09 Å². The molecule has 0 saturated carbocycles. The molecule has 3 N–H and O–H groups in total. The molecule has 0 bridgehead atoms. The number of carbonyl (C=O) groups is 1. The zero-order valence-electron chi connectivity index (χ0n) is 17.6. The number of para-hydroxylation sites is 1. The molecular weight excluding hydrogens is 481 g/mol. The van der Waals surface area contributed by atoms with Crippen LogP contribution < -0.4 is 10.6 Å². The number of alkyl carbamates (subject to hydrolysis) is 1. The smallest absolute Gasteiger partial charge is 0.407 e. The SMILES string of the molecule is CN=C(NCCc1c[nH]c2ccccc12)N1CCC(NC(=O)OC(C)(C)C)C1.I. The third kappa shape index (κ3) is 6.52. The van der Waals surface area contributed by atoms with E-state index in [9.17, 15) is 4.79 Å². The lowest BCUT2D eigenvalue weighted by Gasteiger charge is -2.23. The molecule has 1 unspecified atom stereocenters. The van der Waals surface area contributed by atoms with Gasteiger partial charge < -0.3 is 25.3 Å². The second-order valence-electron chi connectivity index (χ2n) is 8.16. The standard InChI is InChI=1S/C21H31N5O2.HI/c1-21(2,3)28-20(27)25-16-10-12-26(14-16)19(22-4)23-11-9-15-13-24-18-8-6-5-7-17(15)18;/h5-8,13,16,24H,9-12,14H2,1-4H3,(H,22,23)(H,25,27);1H. The average molecular weight is 513 g/mol. The summed E-state index contributed by atoms with van der Waals surface area (Å²) in [6.07, 6.45) is 3.51. The van der Waals surface area contributed by atoms with E-state index in [-0.39, 0.29) is 36.1 Å². The van der Waals surface area contributed by atoms with Gasteiger partial charge in [0, 0.05) is 43.8 Å². The summed E-state index contributed by atoms with van der Waals surface area (Å²) in [5.74, 6) is 0.869. The highest BCUT2D eigenvalue weighted by atomic mass is 127. The van der Waals surface area contributed by atoms with Gasteiger partial charge in [-0.25, -0.2) is 4.79 Å². The van der Waals surface area contributed by atoms with Gasteiger partial charge in [0.15, 0.2) is 5.96 Å². The summed E-state index contributed by atoms with van der Waals surface area (Å²) in [5, 5.41) is 7.66. The predicted octanol–water partition coefficient (Wildman–Crippen LogP) is 3.50. The molecule has 2 heterocycles. The van der Waals surface area contributed by atoms with Crippen LogP contribution >= 0.6 is 24.0 Å². The van der Waals surface area contributed by atoms with E-state index >= 15 is 0 Å². The van der Waals surface area contributed by atoms with Crippen molar-refractivity contribution in [3.63, 3.8) is 0 Å². The van der Waals surface area contributed by atoms with Crippen LogP contribution in [0.4, 0.5) is 4.79 Å². The summed E-state index contributed by atoms with van der Waals surface area (Å²) in [5.41, 5.74) is 1.98. The Kier molecular flexibility index (Phi) is 8.18. The highest BCUT2D eigenvalue weighted by molar-refractivity contribution is 14.0. The molecule has 1 fully saturated rings. The Hall–Kier alpha value is -1.97. The van der Waals surface area contributed by atoms with E-state index < -0.39 is 5.60 Å². The molecule has 7 nitrogen and oxygen atoms in total. The second kappa shape index (κ2) is 10.2. The number of H-pyrrole nitrogens is 1. The van der Waals surface area contributed by atoms with Crippen LogP contribution in [0.15, 0.2) is 35.5 Å². The number of nitrogens with zero attached hydrogens (tertiary/aromatic N) is 2. The molecular formula is C21H32IN5O2. The molecule has 8 heteroatoms. The van der Waals surface area contributed by atoms with E-state index in [0.717, 1.165) is 44.0 Å². The molecule has 29 heavy (non-hydrogen) atoms. The van der Waals surface area contributed by atoms with Crippen molar-refractivity contribution in [2.75, 3.05) is 26.7 Å². The highest BCUT2D eigenvalue weighted by Gasteiger charge is 2.27. The van der Waals surface area contributed by atoms with Crippen molar-refractivity contribution >= 4 is 46.9 Å². The first kappa shape index (κ1) is 23.3. The first-order valence-corrected chi connectivity index (χ1v) is 9.86. The third-order valence-corrected chi connectivity index (χ3v) is 4.77. The van der Waals surface area contributed by atoms with Crippen LogP contribution in [0, 0.1) is 0 Å².